The fourth-order valence-electron chi connectivity index (χ4n) is 1.77. The molecule has 1 fully saturated rings. The molecule has 1 aliphatic rings. The lowest BCUT2D eigenvalue weighted by molar-refractivity contribution is 0.489. The van der Waals surface area contributed by atoms with E-state index in [0.717, 1.165) is 19.4 Å². The lowest BCUT2D eigenvalue weighted by Crippen LogP contribution is -2.44. The van der Waals surface area contributed by atoms with Gasteiger partial charge >= 0.3 is 0 Å². The van der Waals surface area contributed by atoms with Gasteiger partial charge in [-0.1, -0.05) is 0 Å². The van der Waals surface area contributed by atoms with Gasteiger partial charge in [0.15, 0.2) is 0 Å². The van der Waals surface area contributed by atoms with Gasteiger partial charge in [-0.25, -0.2) is 18.1 Å². The lowest BCUT2D eigenvalue weighted by atomic mass is 10.2. The molecule has 0 aromatic carbocycles. The first-order valence-corrected chi connectivity index (χ1v) is 6.90. The Bertz CT molecular complexity index is 409. The van der Waals surface area contributed by atoms with Crippen molar-refractivity contribution in [3.05, 3.63) is 18.2 Å². The van der Waals surface area contributed by atoms with Crippen LogP contribution in [0.4, 0.5) is 0 Å². The zero-order chi connectivity index (χ0) is 11.4. The van der Waals surface area contributed by atoms with E-state index in [4.69, 9.17) is 0 Å². The Morgan fingerprint density at radius 2 is 2.44 bits per heavy atom. The number of nitrogens with one attached hydrogen (secondary N) is 3. The molecule has 1 aliphatic heterocycles. The number of imidazole rings is 1. The molecule has 2 rings (SSSR count). The summed E-state index contributed by atoms with van der Waals surface area (Å²) >= 11 is 0. The molecule has 0 amide bonds. The molecule has 3 N–H and O–H groups in total. The van der Waals surface area contributed by atoms with Crippen molar-refractivity contribution in [1.29, 1.82) is 0 Å². The Labute approximate surface area is 94.9 Å². The SMILES string of the molecule is O=S(=O)(NCc1ncc[nH]1)C1CCCNC1. The number of aromatic nitrogens is 2. The Kier molecular flexibility index (Phi) is 3.57. The maximum atomic E-state index is 11.9. The summed E-state index contributed by atoms with van der Waals surface area (Å²) in [5.41, 5.74) is 0. The molecule has 2 heterocycles. The first kappa shape index (κ1) is 11.6. The molecule has 1 atom stereocenters. The minimum absolute atomic E-state index is 0.228. The van der Waals surface area contributed by atoms with Crippen LogP contribution in [0.5, 0.6) is 0 Å². The van der Waals surface area contributed by atoms with Crippen LogP contribution in [0.25, 0.3) is 0 Å². The van der Waals surface area contributed by atoms with E-state index in [1.165, 1.54) is 0 Å². The van der Waals surface area contributed by atoms with Crippen molar-refractivity contribution in [3.63, 3.8) is 0 Å². The number of aromatic amines is 1. The van der Waals surface area contributed by atoms with Gasteiger partial charge in [0.05, 0.1) is 11.8 Å². The first-order valence-electron chi connectivity index (χ1n) is 5.36. The molecule has 7 heteroatoms. The molecule has 0 spiro atoms. The summed E-state index contributed by atoms with van der Waals surface area (Å²) in [5, 5.41) is 2.77. The monoisotopic (exact) mass is 244 g/mol. The van der Waals surface area contributed by atoms with Crippen molar-refractivity contribution in [2.24, 2.45) is 0 Å². The second-order valence-electron chi connectivity index (χ2n) is 3.87. The van der Waals surface area contributed by atoms with Gasteiger partial charge in [0, 0.05) is 18.9 Å². The number of nitrogens with zero attached hydrogens (tertiary/aromatic N) is 1. The second kappa shape index (κ2) is 4.94. The molecular formula is C9H16N4O2S. The molecule has 0 aliphatic carbocycles. The zero-order valence-corrected chi connectivity index (χ0v) is 9.76. The molecule has 90 valence electrons. The standard InChI is InChI=1S/C9H16N4O2S/c14-16(15,8-2-1-3-10-6-8)13-7-9-11-4-5-12-9/h4-5,8,10,13H,1-3,6-7H2,(H,11,12). The van der Waals surface area contributed by atoms with Crippen molar-refractivity contribution >= 4 is 10.0 Å². The number of sulfonamides is 1. The fraction of sp³-hybridized carbons (Fsp3) is 0.667. The van der Waals surface area contributed by atoms with E-state index in [2.05, 4.69) is 20.0 Å². The zero-order valence-electron chi connectivity index (χ0n) is 8.94. The van der Waals surface area contributed by atoms with Crippen LogP contribution in [0, 0.1) is 0 Å². The van der Waals surface area contributed by atoms with E-state index in [1.807, 2.05) is 0 Å². The third-order valence-corrected chi connectivity index (χ3v) is 4.51. The van der Waals surface area contributed by atoms with Crippen LogP contribution in [0.15, 0.2) is 12.4 Å². The molecule has 0 saturated carbocycles. The topological polar surface area (TPSA) is 86.9 Å². The van der Waals surface area contributed by atoms with Crippen LogP contribution in [0.3, 0.4) is 0 Å². The van der Waals surface area contributed by atoms with Gasteiger partial charge in [0.1, 0.15) is 5.82 Å². The van der Waals surface area contributed by atoms with E-state index in [9.17, 15) is 8.42 Å². The van der Waals surface area contributed by atoms with Crippen LogP contribution in [-0.2, 0) is 16.6 Å². The maximum Gasteiger partial charge on any atom is 0.216 e. The predicted molar refractivity (Wildman–Crippen MR) is 60.2 cm³/mol. The van der Waals surface area contributed by atoms with Crippen molar-refractivity contribution in [1.82, 2.24) is 20.0 Å². The molecule has 6 nitrogen and oxygen atoms in total. The summed E-state index contributed by atoms with van der Waals surface area (Å²) in [5.74, 6) is 0.632. The van der Waals surface area contributed by atoms with Crippen molar-refractivity contribution in [3.8, 4) is 0 Å². The third-order valence-electron chi connectivity index (χ3n) is 2.69. The average molecular weight is 244 g/mol. The van der Waals surface area contributed by atoms with Crippen molar-refractivity contribution in [2.45, 2.75) is 24.6 Å². The highest BCUT2D eigenvalue weighted by Gasteiger charge is 2.26. The highest BCUT2D eigenvalue weighted by molar-refractivity contribution is 7.90. The van der Waals surface area contributed by atoms with Gasteiger partial charge < -0.3 is 10.3 Å². The van der Waals surface area contributed by atoms with Gasteiger partial charge in [-0.2, -0.15) is 0 Å². The number of H-pyrrole nitrogens is 1. The van der Waals surface area contributed by atoms with Crippen LogP contribution >= 0.6 is 0 Å². The molecular weight excluding hydrogens is 228 g/mol. The Balaban J connectivity index is 1.91. The average Bonchev–Trinajstić information content (AvgIpc) is 2.81. The maximum absolute atomic E-state index is 11.9. The fourth-order valence-corrected chi connectivity index (χ4v) is 3.15. The molecule has 1 aromatic heterocycles. The van der Waals surface area contributed by atoms with E-state index in [-0.39, 0.29) is 11.8 Å². The predicted octanol–water partition coefficient (Wildman–Crippen LogP) is -0.419. The molecule has 1 unspecified atom stereocenters. The van der Waals surface area contributed by atoms with Gasteiger partial charge in [-0.05, 0) is 19.4 Å². The van der Waals surface area contributed by atoms with Crippen LogP contribution in [0.2, 0.25) is 0 Å². The second-order valence-corrected chi connectivity index (χ2v) is 5.92. The van der Waals surface area contributed by atoms with Gasteiger partial charge in [-0.3, -0.25) is 0 Å². The summed E-state index contributed by atoms with van der Waals surface area (Å²) in [6.45, 7) is 1.67. The minimum Gasteiger partial charge on any atom is -0.347 e. The quantitative estimate of drug-likeness (QED) is 0.671. The van der Waals surface area contributed by atoms with Gasteiger partial charge in [-0.15, -0.1) is 0 Å². The molecule has 16 heavy (non-hydrogen) atoms. The van der Waals surface area contributed by atoms with E-state index in [1.54, 1.807) is 12.4 Å². The summed E-state index contributed by atoms with van der Waals surface area (Å²) in [7, 11) is -3.23. The number of piperidine rings is 1. The van der Waals surface area contributed by atoms with Crippen LogP contribution in [-0.4, -0.2) is 36.7 Å². The van der Waals surface area contributed by atoms with Crippen molar-refractivity contribution in [2.75, 3.05) is 13.1 Å². The van der Waals surface area contributed by atoms with E-state index < -0.39 is 10.0 Å². The van der Waals surface area contributed by atoms with E-state index in [0.29, 0.717) is 12.4 Å². The third kappa shape index (κ3) is 2.81. The van der Waals surface area contributed by atoms with E-state index >= 15 is 0 Å². The minimum atomic E-state index is -3.23. The Morgan fingerprint density at radius 3 is 3.06 bits per heavy atom. The number of rotatable bonds is 4. The summed E-state index contributed by atoms with van der Waals surface area (Å²) < 4.78 is 26.3. The molecule has 0 radical (unpaired) electrons. The first-order chi connectivity index (χ1) is 7.68. The number of hydrogen-bond acceptors (Lipinski definition) is 4. The normalized spacial score (nSPS) is 22.1. The summed E-state index contributed by atoms with van der Waals surface area (Å²) in [6, 6.07) is 0. The van der Waals surface area contributed by atoms with Crippen LogP contribution in [0.1, 0.15) is 18.7 Å². The lowest BCUT2D eigenvalue weighted by Gasteiger charge is -2.22. The van der Waals surface area contributed by atoms with Gasteiger partial charge in [0.2, 0.25) is 10.0 Å². The van der Waals surface area contributed by atoms with Crippen LogP contribution < -0.4 is 10.0 Å². The number of hydrogen-bond donors (Lipinski definition) is 3. The largest absolute Gasteiger partial charge is 0.347 e. The highest BCUT2D eigenvalue weighted by Crippen LogP contribution is 2.10. The van der Waals surface area contributed by atoms with Crippen molar-refractivity contribution < 1.29 is 8.42 Å². The molecule has 1 aromatic rings. The van der Waals surface area contributed by atoms with Gasteiger partial charge in [0.25, 0.3) is 0 Å². The smallest absolute Gasteiger partial charge is 0.216 e. The highest BCUT2D eigenvalue weighted by atomic mass is 32.2. The summed E-state index contributed by atoms with van der Waals surface area (Å²) in [6.07, 6.45) is 4.91. The molecule has 0 bridgehead atoms. The Hall–Kier alpha value is -0.920. The molecule has 1 saturated heterocycles. The Morgan fingerprint density at radius 1 is 1.56 bits per heavy atom. The summed E-state index contributed by atoms with van der Waals surface area (Å²) in [4.78, 5) is 6.83.